The van der Waals surface area contributed by atoms with Gasteiger partial charge < -0.3 is 5.73 Å². The third kappa shape index (κ3) is 0.888. The summed E-state index contributed by atoms with van der Waals surface area (Å²) in [6.45, 7) is 1.74. The van der Waals surface area contributed by atoms with Gasteiger partial charge in [0.2, 0.25) is 0 Å². The molecule has 0 aromatic rings. The van der Waals surface area contributed by atoms with Crippen LogP contribution in [0.25, 0.3) is 0 Å². The molecule has 52 valence electrons. The molecule has 0 saturated heterocycles. The van der Waals surface area contributed by atoms with Crippen LogP contribution >= 0.6 is 11.8 Å². The van der Waals surface area contributed by atoms with Crippen molar-refractivity contribution in [2.24, 2.45) is 5.73 Å². The lowest BCUT2D eigenvalue weighted by Gasteiger charge is -1.93. The van der Waals surface area contributed by atoms with Crippen molar-refractivity contribution in [1.29, 1.82) is 5.26 Å². The first-order valence-electron chi connectivity index (χ1n) is 2.77. The van der Waals surface area contributed by atoms with Crippen molar-refractivity contribution in [1.82, 2.24) is 0 Å². The molecule has 0 saturated carbocycles. The van der Waals surface area contributed by atoms with Gasteiger partial charge in [-0.15, -0.1) is 0 Å². The number of thioether (sulfide) groups is 1. The molecule has 0 amide bonds. The molecule has 0 aliphatic carbocycles. The largest absolute Gasteiger partial charge is 0.392 e. The quantitative estimate of drug-likeness (QED) is 0.548. The zero-order chi connectivity index (χ0) is 7.72. The minimum Gasteiger partial charge on any atom is -0.392 e. The number of hydrogen-bond donors (Lipinski definition) is 1. The van der Waals surface area contributed by atoms with Crippen LogP contribution in [0.4, 0.5) is 0 Å². The molecule has 1 heterocycles. The minimum atomic E-state index is -0.172. The lowest BCUT2D eigenvalue weighted by Crippen LogP contribution is -2.08. The predicted molar refractivity (Wildman–Crippen MR) is 38.9 cm³/mol. The fraction of sp³-hybridized carbons (Fsp3) is 0.333. The highest BCUT2D eigenvalue weighted by Crippen LogP contribution is 2.30. The fourth-order valence-electron chi connectivity index (χ4n) is 0.738. The van der Waals surface area contributed by atoms with Crippen molar-refractivity contribution in [3.63, 3.8) is 0 Å². The number of Topliss-reactive ketones (excluding diaryl/α,β-unsaturated/α-hetero) is 1. The number of carbonyl (C=O) groups excluding carboxylic acids is 1. The van der Waals surface area contributed by atoms with Crippen LogP contribution in [-0.2, 0) is 4.79 Å². The number of hydrogen-bond acceptors (Lipinski definition) is 4. The van der Waals surface area contributed by atoms with Crippen molar-refractivity contribution in [2.45, 2.75) is 12.2 Å². The highest BCUT2D eigenvalue weighted by Gasteiger charge is 2.28. The van der Waals surface area contributed by atoms with Crippen LogP contribution in [0.15, 0.2) is 10.6 Å². The van der Waals surface area contributed by atoms with Crippen LogP contribution in [0.2, 0.25) is 0 Å². The first-order valence-corrected chi connectivity index (χ1v) is 3.65. The molecule has 0 spiro atoms. The maximum absolute atomic E-state index is 11.0. The van der Waals surface area contributed by atoms with Gasteiger partial charge in [-0.3, -0.25) is 4.79 Å². The number of nitrogens with zero attached hydrogens (tertiary/aromatic N) is 1. The van der Waals surface area contributed by atoms with Gasteiger partial charge in [-0.2, -0.15) is 5.26 Å². The van der Waals surface area contributed by atoms with E-state index in [-0.39, 0.29) is 16.6 Å². The Kier molecular flexibility index (Phi) is 1.68. The molecule has 0 aromatic carbocycles. The summed E-state index contributed by atoms with van der Waals surface area (Å²) in [7, 11) is 0. The molecule has 1 unspecified atom stereocenters. The van der Waals surface area contributed by atoms with E-state index in [2.05, 4.69) is 0 Å². The standard InChI is InChI=1S/C6H6N2OS/c1-3-5(9)4(2-7)6(8)10-3/h3H,8H2,1H3. The Morgan fingerprint density at radius 2 is 2.40 bits per heavy atom. The molecule has 1 atom stereocenters. The zero-order valence-electron chi connectivity index (χ0n) is 5.42. The Hall–Kier alpha value is -0.950. The summed E-state index contributed by atoms with van der Waals surface area (Å²) in [6, 6.07) is 1.78. The zero-order valence-corrected chi connectivity index (χ0v) is 6.23. The number of nitrogens with two attached hydrogens (primary N) is 1. The van der Waals surface area contributed by atoms with Gasteiger partial charge in [-0.05, 0) is 6.92 Å². The van der Waals surface area contributed by atoms with Crippen molar-refractivity contribution in [3.05, 3.63) is 10.6 Å². The molecule has 1 aliphatic heterocycles. The normalized spacial score (nSPS) is 25.2. The molecule has 0 bridgehead atoms. The van der Waals surface area contributed by atoms with E-state index in [0.717, 1.165) is 0 Å². The lowest BCUT2D eigenvalue weighted by atomic mass is 10.2. The van der Waals surface area contributed by atoms with E-state index in [4.69, 9.17) is 11.0 Å². The van der Waals surface area contributed by atoms with Crippen LogP contribution in [0.3, 0.4) is 0 Å². The number of allylic oxidation sites excluding steroid dienone is 1. The van der Waals surface area contributed by atoms with Gasteiger partial charge in [0.1, 0.15) is 11.6 Å². The molecule has 2 N–H and O–H groups in total. The second-order valence-corrected chi connectivity index (χ2v) is 3.36. The van der Waals surface area contributed by atoms with E-state index in [0.29, 0.717) is 5.03 Å². The van der Waals surface area contributed by atoms with Crippen molar-refractivity contribution in [3.8, 4) is 6.07 Å². The molecule has 4 heteroatoms. The predicted octanol–water partition coefficient (Wildman–Crippen LogP) is 0.385. The highest BCUT2D eigenvalue weighted by molar-refractivity contribution is 8.04. The van der Waals surface area contributed by atoms with Gasteiger partial charge in [-0.25, -0.2) is 0 Å². The van der Waals surface area contributed by atoms with Gasteiger partial charge in [0, 0.05) is 0 Å². The van der Waals surface area contributed by atoms with Crippen LogP contribution in [0, 0.1) is 11.3 Å². The maximum atomic E-state index is 11.0. The van der Waals surface area contributed by atoms with E-state index in [9.17, 15) is 4.79 Å². The molecule has 3 nitrogen and oxygen atoms in total. The van der Waals surface area contributed by atoms with Gasteiger partial charge in [0.15, 0.2) is 5.78 Å². The summed E-state index contributed by atoms with van der Waals surface area (Å²) >= 11 is 1.25. The van der Waals surface area contributed by atoms with Crippen LogP contribution < -0.4 is 5.73 Å². The Bertz CT molecular complexity index is 251. The summed E-state index contributed by atoms with van der Waals surface area (Å²) in [5.41, 5.74) is 5.49. The first-order chi connectivity index (χ1) is 4.66. The summed E-state index contributed by atoms with van der Waals surface area (Å²) in [6.07, 6.45) is 0. The molecular formula is C6H6N2OS. The number of rotatable bonds is 0. The molecular weight excluding hydrogens is 148 g/mol. The Labute approximate surface area is 62.9 Å². The summed E-state index contributed by atoms with van der Waals surface area (Å²) in [5, 5.41) is 8.59. The second-order valence-electron chi connectivity index (χ2n) is 1.98. The van der Waals surface area contributed by atoms with Crippen LogP contribution in [0.5, 0.6) is 0 Å². The molecule has 0 radical (unpaired) electrons. The topological polar surface area (TPSA) is 66.9 Å². The maximum Gasteiger partial charge on any atom is 0.189 e. The molecule has 1 aliphatic rings. The molecule has 0 aromatic heterocycles. The second kappa shape index (κ2) is 2.35. The average molecular weight is 154 g/mol. The smallest absolute Gasteiger partial charge is 0.189 e. The molecule has 1 rings (SSSR count). The first kappa shape index (κ1) is 7.16. The third-order valence-electron chi connectivity index (χ3n) is 1.28. The fourth-order valence-corrected chi connectivity index (χ4v) is 1.61. The Morgan fingerprint density at radius 3 is 2.60 bits per heavy atom. The average Bonchev–Trinajstić information content (AvgIpc) is 2.09. The summed E-state index contributed by atoms with van der Waals surface area (Å²) in [5.74, 6) is -0.148. The highest BCUT2D eigenvalue weighted by atomic mass is 32.2. The van der Waals surface area contributed by atoms with Crippen LogP contribution in [0.1, 0.15) is 6.92 Å². The Morgan fingerprint density at radius 1 is 1.80 bits per heavy atom. The number of ketones is 1. The lowest BCUT2D eigenvalue weighted by molar-refractivity contribution is -0.114. The van der Waals surface area contributed by atoms with Crippen molar-refractivity contribution < 1.29 is 4.79 Å². The number of carbonyl (C=O) groups is 1. The summed E-state index contributed by atoms with van der Waals surface area (Å²) in [4.78, 5) is 11.0. The van der Waals surface area contributed by atoms with E-state index in [1.54, 1.807) is 13.0 Å². The molecule has 10 heavy (non-hydrogen) atoms. The Balaban J connectivity index is 2.99. The van der Waals surface area contributed by atoms with Crippen molar-refractivity contribution in [2.75, 3.05) is 0 Å². The monoisotopic (exact) mass is 154 g/mol. The van der Waals surface area contributed by atoms with Crippen LogP contribution in [-0.4, -0.2) is 11.0 Å². The van der Waals surface area contributed by atoms with Crippen molar-refractivity contribution >= 4 is 17.5 Å². The van der Waals surface area contributed by atoms with E-state index in [1.165, 1.54) is 11.8 Å². The third-order valence-corrected chi connectivity index (χ3v) is 2.30. The van der Waals surface area contributed by atoms with Gasteiger partial charge in [-0.1, -0.05) is 11.8 Å². The minimum absolute atomic E-state index is 0.123. The van der Waals surface area contributed by atoms with E-state index in [1.807, 2.05) is 0 Å². The van der Waals surface area contributed by atoms with Gasteiger partial charge in [0.05, 0.1) is 10.3 Å². The summed E-state index contributed by atoms with van der Waals surface area (Å²) < 4.78 is 0. The van der Waals surface area contributed by atoms with Gasteiger partial charge in [0.25, 0.3) is 0 Å². The molecule has 0 fully saturated rings. The van der Waals surface area contributed by atoms with E-state index >= 15 is 0 Å². The number of nitriles is 1. The SMILES string of the molecule is CC1SC(N)=C(C#N)C1=O. The van der Waals surface area contributed by atoms with Gasteiger partial charge >= 0.3 is 0 Å². The van der Waals surface area contributed by atoms with E-state index < -0.39 is 0 Å².